The molecule has 2 aromatic heterocycles. The minimum Gasteiger partial charge on any atom is -0.468 e. The van der Waals surface area contributed by atoms with Crippen LogP contribution < -0.4 is 5.32 Å². The van der Waals surface area contributed by atoms with Crippen molar-refractivity contribution >= 4 is 5.91 Å². The van der Waals surface area contributed by atoms with Gasteiger partial charge in [0.05, 0.1) is 31.1 Å². The number of hydrogen-bond acceptors (Lipinski definition) is 5. The van der Waals surface area contributed by atoms with Gasteiger partial charge >= 0.3 is 0 Å². The summed E-state index contributed by atoms with van der Waals surface area (Å²) in [4.78, 5) is 18.6. The fourth-order valence-electron chi connectivity index (χ4n) is 3.93. The van der Waals surface area contributed by atoms with Gasteiger partial charge in [0.15, 0.2) is 0 Å². The second-order valence-corrected chi connectivity index (χ2v) is 6.85. The lowest BCUT2D eigenvalue weighted by Gasteiger charge is -2.35. The summed E-state index contributed by atoms with van der Waals surface area (Å²) in [6.07, 6.45) is 6.18. The summed E-state index contributed by atoms with van der Waals surface area (Å²) >= 11 is 0. The summed E-state index contributed by atoms with van der Waals surface area (Å²) in [5.74, 6) is 1.97. The molecular formula is C19H23N3O3. The van der Waals surface area contributed by atoms with Crippen molar-refractivity contribution in [2.45, 2.75) is 19.1 Å². The van der Waals surface area contributed by atoms with Crippen molar-refractivity contribution in [3.05, 3.63) is 54.2 Å². The summed E-state index contributed by atoms with van der Waals surface area (Å²) in [5.41, 5.74) is 0.588. The molecule has 2 aliphatic heterocycles. The topological polar surface area (TPSA) is 67.6 Å². The standard InChI is InChI=1S/C19H23N3O3/c23-19(14-3-1-6-20-9-14)21-10-18-17-5-7-22(11-15(17)13-25-18)12-16-4-2-8-24-16/h1-4,6,8-9,15,17-18H,5,7,10-13H2,(H,21,23)/t15-,17-,18+/m1/s1. The zero-order valence-electron chi connectivity index (χ0n) is 14.1. The predicted octanol–water partition coefficient (Wildman–Crippen LogP) is 1.94. The van der Waals surface area contributed by atoms with Gasteiger partial charge in [-0.05, 0) is 43.1 Å². The zero-order chi connectivity index (χ0) is 17.1. The zero-order valence-corrected chi connectivity index (χ0v) is 14.1. The van der Waals surface area contributed by atoms with Crippen molar-refractivity contribution in [1.29, 1.82) is 0 Å². The van der Waals surface area contributed by atoms with Crippen LogP contribution in [0.25, 0.3) is 0 Å². The van der Waals surface area contributed by atoms with E-state index in [2.05, 4.69) is 15.2 Å². The fraction of sp³-hybridized carbons (Fsp3) is 0.474. The molecule has 2 aliphatic rings. The number of piperidine rings is 1. The third-order valence-electron chi connectivity index (χ3n) is 5.23. The molecule has 2 fully saturated rings. The Balaban J connectivity index is 1.28. The Morgan fingerprint density at radius 1 is 1.36 bits per heavy atom. The number of hydrogen-bond donors (Lipinski definition) is 1. The van der Waals surface area contributed by atoms with Gasteiger partial charge in [-0.15, -0.1) is 0 Å². The third-order valence-corrected chi connectivity index (χ3v) is 5.23. The molecule has 25 heavy (non-hydrogen) atoms. The van der Waals surface area contributed by atoms with Gasteiger partial charge in [-0.2, -0.15) is 0 Å². The van der Waals surface area contributed by atoms with Gasteiger partial charge in [-0.25, -0.2) is 0 Å². The van der Waals surface area contributed by atoms with Crippen LogP contribution in [0.3, 0.4) is 0 Å². The molecule has 0 aliphatic carbocycles. The second-order valence-electron chi connectivity index (χ2n) is 6.85. The van der Waals surface area contributed by atoms with Crippen molar-refractivity contribution in [3.63, 3.8) is 0 Å². The molecule has 0 bridgehead atoms. The SMILES string of the molecule is O=C(NC[C@@H]1OC[C@H]2CN(Cc3ccco3)CC[C@H]21)c1cccnc1. The van der Waals surface area contributed by atoms with Gasteiger partial charge < -0.3 is 14.5 Å². The van der Waals surface area contributed by atoms with Crippen molar-refractivity contribution in [2.24, 2.45) is 11.8 Å². The lowest BCUT2D eigenvalue weighted by Crippen LogP contribution is -2.43. The molecule has 4 heterocycles. The average molecular weight is 341 g/mol. The Hall–Kier alpha value is -2.18. The molecule has 1 N–H and O–H groups in total. The van der Waals surface area contributed by atoms with E-state index in [1.54, 1.807) is 30.8 Å². The van der Waals surface area contributed by atoms with E-state index in [1.165, 1.54) is 0 Å². The van der Waals surface area contributed by atoms with E-state index in [9.17, 15) is 4.79 Å². The van der Waals surface area contributed by atoms with Crippen LogP contribution in [0, 0.1) is 11.8 Å². The Kier molecular flexibility index (Phi) is 4.81. The van der Waals surface area contributed by atoms with Gasteiger partial charge in [0, 0.05) is 31.4 Å². The van der Waals surface area contributed by atoms with Crippen molar-refractivity contribution in [2.75, 3.05) is 26.2 Å². The van der Waals surface area contributed by atoms with Crippen LogP contribution in [0.2, 0.25) is 0 Å². The fourth-order valence-corrected chi connectivity index (χ4v) is 3.93. The smallest absolute Gasteiger partial charge is 0.252 e. The van der Waals surface area contributed by atoms with Gasteiger partial charge in [0.2, 0.25) is 0 Å². The third kappa shape index (κ3) is 3.75. The summed E-state index contributed by atoms with van der Waals surface area (Å²) in [6, 6.07) is 7.50. The number of pyridine rings is 1. The number of furan rings is 1. The van der Waals surface area contributed by atoms with Crippen LogP contribution in [-0.4, -0.2) is 48.1 Å². The number of fused-ring (bicyclic) bond motifs is 1. The number of ether oxygens (including phenoxy) is 1. The molecule has 132 valence electrons. The number of rotatable bonds is 5. The molecule has 3 atom stereocenters. The van der Waals surface area contributed by atoms with E-state index in [0.717, 1.165) is 38.4 Å². The van der Waals surface area contributed by atoms with E-state index in [0.29, 0.717) is 23.9 Å². The number of amides is 1. The lowest BCUT2D eigenvalue weighted by atomic mass is 9.84. The number of aromatic nitrogens is 1. The number of likely N-dealkylation sites (tertiary alicyclic amines) is 1. The minimum absolute atomic E-state index is 0.0876. The van der Waals surface area contributed by atoms with E-state index in [-0.39, 0.29) is 12.0 Å². The number of nitrogens with one attached hydrogen (secondary N) is 1. The molecule has 0 radical (unpaired) electrons. The quantitative estimate of drug-likeness (QED) is 0.900. The predicted molar refractivity (Wildman–Crippen MR) is 91.9 cm³/mol. The summed E-state index contributed by atoms with van der Waals surface area (Å²) in [5, 5.41) is 2.99. The first-order chi connectivity index (χ1) is 12.3. The van der Waals surface area contributed by atoms with Crippen LogP contribution in [0.4, 0.5) is 0 Å². The van der Waals surface area contributed by atoms with Crippen molar-refractivity contribution < 1.29 is 13.9 Å². The molecule has 4 rings (SSSR count). The molecular weight excluding hydrogens is 318 g/mol. The summed E-state index contributed by atoms with van der Waals surface area (Å²) in [6.45, 7) is 4.26. The number of nitrogens with zero attached hydrogens (tertiary/aromatic N) is 2. The highest BCUT2D eigenvalue weighted by atomic mass is 16.5. The number of carbonyl (C=O) groups excluding carboxylic acids is 1. The Labute approximate surface area is 147 Å². The molecule has 2 saturated heterocycles. The first-order valence-electron chi connectivity index (χ1n) is 8.84. The highest BCUT2D eigenvalue weighted by Crippen LogP contribution is 2.34. The van der Waals surface area contributed by atoms with E-state index in [1.807, 2.05) is 12.1 Å². The van der Waals surface area contributed by atoms with Crippen molar-refractivity contribution in [1.82, 2.24) is 15.2 Å². The van der Waals surface area contributed by atoms with Crippen LogP contribution >= 0.6 is 0 Å². The van der Waals surface area contributed by atoms with Crippen LogP contribution in [0.15, 0.2) is 47.3 Å². The minimum atomic E-state index is -0.0876. The highest BCUT2D eigenvalue weighted by Gasteiger charge is 2.40. The van der Waals surface area contributed by atoms with Gasteiger partial charge in [0.25, 0.3) is 5.91 Å². The van der Waals surface area contributed by atoms with Crippen LogP contribution in [0.5, 0.6) is 0 Å². The van der Waals surface area contributed by atoms with Crippen LogP contribution in [0.1, 0.15) is 22.5 Å². The highest BCUT2D eigenvalue weighted by molar-refractivity contribution is 5.93. The van der Waals surface area contributed by atoms with Gasteiger partial charge in [-0.3, -0.25) is 14.7 Å². The molecule has 0 aromatic carbocycles. The maximum atomic E-state index is 12.2. The number of carbonyl (C=O) groups is 1. The Morgan fingerprint density at radius 2 is 2.32 bits per heavy atom. The monoisotopic (exact) mass is 341 g/mol. The molecule has 2 aromatic rings. The largest absolute Gasteiger partial charge is 0.468 e. The molecule has 1 amide bonds. The maximum Gasteiger partial charge on any atom is 0.252 e. The van der Waals surface area contributed by atoms with Crippen LogP contribution in [-0.2, 0) is 11.3 Å². The maximum absolute atomic E-state index is 12.2. The lowest BCUT2D eigenvalue weighted by molar-refractivity contribution is 0.0739. The first-order valence-corrected chi connectivity index (χ1v) is 8.84. The first kappa shape index (κ1) is 16.3. The Bertz CT molecular complexity index is 689. The van der Waals surface area contributed by atoms with E-state index >= 15 is 0 Å². The average Bonchev–Trinajstić information content (AvgIpc) is 3.30. The van der Waals surface area contributed by atoms with E-state index < -0.39 is 0 Å². The molecule has 6 heteroatoms. The molecule has 6 nitrogen and oxygen atoms in total. The molecule has 0 unspecified atom stereocenters. The van der Waals surface area contributed by atoms with Gasteiger partial charge in [-0.1, -0.05) is 0 Å². The summed E-state index contributed by atoms with van der Waals surface area (Å²) in [7, 11) is 0. The molecule has 0 saturated carbocycles. The normalized spacial score (nSPS) is 26.3. The second kappa shape index (κ2) is 7.37. The molecule has 0 spiro atoms. The van der Waals surface area contributed by atoms with E-state index in [4.69, 9.17) is 9.15 Å². The van der Waals surface area contributed by atoms with Crippen molar-refractivity contribution in [3.8, 4) is 0 Å². The van der Waals surface area contributed by atoms with Gasteiger partial charge in [0.1, 0.15) is 5.76 Å². The Morgan fingerprint density at radius 3 is 3.12 bits per heavy atom. The summed E-state index contributed by atoms with van der Waals surface area (Å²) < 4.78 is 11.4.